The average molecular weight is 831 g/mol. The van der Waals surface area contributed by atoms with Crippen LogP contribution >= 0.6 is 0 Å². The zero-order valence-corrected chi connectivity index (χ0v) is 34.5. The lowest BCUT2D eigenvalue weighted by Gasteiger charge is -2.41. The van der Waals surface area contributed by atoms with Gasteiger partial charge in [0.25, 0.3) is 5.91 Å². The standard InChI is InChI=1S/C45H51FN10O5/c1-28-21-30(39-26-54(25-29(2)61-39)37-23-36(50-51-41(37)47)35-5-3-4-6-38(35)57)7-8-34(28)43(59)53-19-13-45(46,14-20-53)27-52-15-10-32(11-16-52)55-17-9-31-22-33(24-48-42(31)55)56-18-12-40(58)49-44(56)60/h3-9,17,21-24,29,32,39,57H,10-16,18-20,25-27H2,1-2H3,(H2,47,51)(H,49,58,60)/t29-,39-/m0/s1. The van der Waals surface area contributed by atoms with Crippen molar-refractivity contribution in [3.05, 3.63) is 89.7 Å². The highest BCUT2D eigenvalue weighted by Gasteiger charge is 2.39. The van der Waals surface area contributed by atoms with Gasteiger partial charge in [0.2, 0.25) is 5.91 Å². The van der Waals surface area contributed by atoms with E-state index in [4.69, 9.17) is 15.5 Å². The first-order chi connectivity index (χ1) is 29.4. The van der Waals surface area contributed by atoms with Gasteiger partial charge in [-0.2, -0.15) is 0 Å². The van der Waals surface area contributed by atoms with Crippen molar-refractivity contribution >= 4 is 46.1 Å². The molecule has 4 fully saturated rings. The number of nitrogens with one attached hydrogen (secondary N) is 1. The third-order valence-corrected chi connectivity index (χ3v) is 12.7. The maximum absolute atomic E-state index is 16.4. The zero-order chi connectivity index (χ0) is 42.4. The Morgan fingerprint density at radius 1 is 1.00 bits per heavy atom. The molecular formula is C45H51FN10O5. The number of nitrogens with two attached hydrogens (primary N) is 1. The number of ether oxygens (including phenoxy) is 1. The molecule has 0 saturated carbocycles. The van der Waals surface area contributed by atoms with Crippen LogP contribution in [0.4, 0.5) is 26.4 Å². The first kappa shape index (κ1) is 40.3. The van der Waals surface area contributed by atoms with Crippen molar-refractivity contribution < 1.29 is 28.6 Å². The maximum atomic E-state index is 16.4. The van der Waals surface area contributed by atoms with Gasteiger partial charge in [0.05, 0.1) is 29.4 Å². The number of fused-ring (bicyclic) bond motifs is 1. The Morgan fingerprint density at radius 3 is 2.54 bits per heavy atom. The summed E-state index contributed by atoms with van der Waals surface area (Å²) in [5, 5.41) is 22.1. The van der Waals surface area contributed by atoms with Gasteiger partial charge in [-0.1, -0.05) is 24.3 Å². The van der Waals surface area contributed by atoms with Crippen LogP contribution in [0.25, 0.3) is 22.3 Å². The molecule has 4 aliphatic heterocycles. The van der Waals surface area contributed by atoms with E-state index in [0.717, 1.165) is 48.1 Å². The van der Waals surface area contributed by atoms with Crippen LogP contribution in [0.1, 0.15) is 72.7 Å². The molecular weight excluding hydrogens is 780 g/mol. The number of nitrogens with zero attached hydrogens (tertiary/aromatic N) is 8. The molecule has 7 heterocycles. The quantitative estimate of drug-likeness (QED) is 0.173. The molecule has 4 saturated heterocycles. The Kier molecular flexibility index (Phi) is 10.8. The Hall–Kier alpha value is -6.13. The number of urea groups is 1. The largest absolute Gasteiger partial charge is 0.507 e. The van der Waals surface area contributed by atoms with Crippen molar-refractivity contribution in [2.75, 3.05) is 67.9 Å². The summed E-state index contributed by atoms with van der Waals surface area (Å²) in [6.45, 7) is 7.93. The summed E-state index contributed by atoms with van der Waals surface area (Å²) in [6, 6.07) is 18.4. The number of aromatic hydroxyl groups is 1. The monoisotopic (exact) mass is 830 g/mol. The number of phenols is 1. The average Bonchev–Trinajstić information content (AvgIpc) is 3.67. The number of amides is 4. The number of piperidine rings is 2. The van der Waals surface area contributed by atoms with E-state index in [9.17, 15) is 19.5 Å². The number of carbonyl (C=O) groups is 3. The van der Waals surface area contributed by atoms with Crippen LogP contribution in [-0.4, -0.2) is 117 Å². The summed E-state index contributed by atoms with van der Waals surface area (Å²) in [5.74, 6) is 0.0360. The van der Waals surface area contributed by atoms with Crippen LogP contribution < -0.4 is 20.9 Å². The molecule has 0 spiro atoms. The van der Waals surface area contributed by atoms with E-state index in [-0.39, 0.29) is 60.9 Å². The molecule has 5 aromatic rings. The summed E-state index contributed by atoms with van der Waals surface area (Å²) >= 11 is 0. The summed E-state index contributed by atoms with van der Waals surface area (Å²) in [6.07, 6.45) is 5.84. The number of halogens is 1. The molecule has 2 atom stereocenters. The first-order valence-corrected chi connectivity index (χ1v) is 21.1. The summed E-state index contributed by atoms with van der Waals surface area (Å²) in [7, 11) is 0. The molecule has 9 rings (SSSR count). The van der Waals surface area contributed by atoms with E-state index in [1.165, 1.54) is 4.90 Å². The fourth-order valence-corrected chi connectivity index (χ4v) is 9.41. The molecule has 0 radical (unpaired) electrons. The molecule has 0 unspecified atom stereocenters. The Morgan fingerprint density at radius 2 is 1.79 bits per heavy atom. The molecule has 61 heavy (non-hydrogen) atoms. The lowest BCUT2D eigenvalue weighted by Crippen LogP contribution is -2.51. The molecule has 15 nitrogen and oxygen atoms in total. The fourth-order valence-electron chi connectivity index (χ4n) is 9.41. The molecule has 4 N–H and O–H groups in total. The smallest absolute Gasteiger partial charge is 0.328 e. The number of benzene rings is 2. The second-order valence-corrected chi connectivity index (χ2v) is 17.0. The fraction of sp³-hybridized carbons (Fsp3) is 0.422. The van der Waals surface area contributed by atoms with E-state index < -0.39 is 11.7 Å². The Bertz CT molecular complexity index is 2480. The number of aryl methyl sites for hydroxylation is 1. The number of phenolic OH excluding ortho intramolecular Hbond substituents is 1. The van der Waals surface area contributed by atoms with Crippen molar-refractivity contribution in [2.24, 2.45) is 0 Å². The molecule has 2 aromatic carbocycles. The van der Waals surface area contributed by atoms with Crippen molar-refractivity contribution in [3.63, 3.8) is 0 Å². The molecule has 3 aromatic heterocycles. The molecule has 16 heteroatoms. The number of alkyl halides is 1. The summed E-state index contributed by atoms with van der Waals surface area (Å²) < 4.78 is 25.0. The lowest BCUT2D eigenvalue weighted by atomic mass is 9.90. The highest BCUT2D eigenvalue weighted by Crippen LogP contribution is 2.37. The highest BCUT2D eigenvalue weighted by molar-refractivity contribution is 6.06. The van der Waals surface area contributed by atoms with Crippen LogP contribution in [0.5, 0.6) is 5.75 Å². The normalized spacial score (nSPS) is 21.5. The molecule has 0 bridgehead atoms. The number of anilines is 3. The number of carbonyl (C=O) groups excluding carboxylic acids is 3. The van der Waals surface area contributed by atoms with Gasteiger partial charge in [-0.05, 0) is 74.2 Å². The minimum atomic E-state index is -1.37. The number of morpholine rings is 1. The summed E-state index contributed by atoms with van der Waals surface area (Å²) in [4.78, 5) is 50.2. The van der Waals surface area contributed by atoms with E-state index in [2.05, 4.69) is 29.9 Å². The van der Waals surface area contributed by atoms with Crippen LogP contribution in [0.15, 0.2) is 73.1 Å². The molecule has 4 amide bonds. The number of aromatic nitrogens is 4. The lowest BCUT2D eigenvalue weighted by molar-refractivity contribution is -0.120. The maximum Gasteiger partial charge on any atom is 0.328 e. The van der Waals surface area contributed by atoms with E-state index in [0.29, 0.717) is 67.5 Å². The third kappa shape index (κ3) is 8.21. The molecule has 318 valence electrons. The number of imide groups is 1. The number of likely N-dealkylation sites (tertiary alicyclic amines) is 2. The van der Waals surface area contributed by atoms with E-state index in [1.807, 2.05) is 62.5 Å². The van der Waals surface area contributed by atoms with Gasteiger partial charge in [-0.15, -0.1) is 10.2 Å². The minimum absolute atomic E-state index is 0.0900. The SMILES string of the molecule is Cc1cc([C@@H]2CN(c3cc(-c4ccccc4O)nnc3N)C[C@H](C)O2)ccc1C(=O)N1CCC(F)(CN2CCC(n3ccc4cc(N5CCC(=O)NC5=O)cnc43)CC2)CC1. The van der Waals surface area contributed by atoms with Crippen molar-refractivity contribution in [2.45, 2.75) is 69.9 Å². The number of hydrogen-bond donors (Lipinski definition) is 3. The number of nitrogen functional groups attached to an aromatic ring is 1. The van der Waals surface area contributed by atoms with Crippen molar-refractivity contribution in [1.29, 1.82) is 0 Å². The summed E-state index contributed by atoms with van der Waals surface area (Å²) in [5.41, 5.74) is 10.6. The van der Waals surface area contributed by atoms with Crippen molar-refractivity contribution in [1.82, 2.24) is 34.9 Å². The molecule has 4 aliphatic rings. The number of rotatable bonds is 8. The Labute approximate surface area is 353 Å². The highest BCUT2D eigenvalue weighted by atomic mass is 19.1. The van der Waals surface area contributed by atoms with Crippen LogP contribution in [0.2, 0.25) is 0 Å². The van der Waals surface area contributed by atoms with Gasteiger partial charge in [-0.25, -0.2) is 14.2 Å². The molecule has 0 aliphatic carbocycles. The predicted molar refractivity (Wildman–Crippen MR) is 229 cm³/mol. The van der Waals surface area contributed by atoms with E-state index in [1.54, 1.807) is 29.3 Å². The predicted octanol–water partition coefficient (Wildman–Crippen LogP) is 5.78. The number of hydrogen-bond acceptors (Lipinski definition) is 11. The Balaban J connectivity index is 0.784. The van der Waals surface area contributed by atoms with Crippen LogP contribution in [0, 0.1) is 6.92 Å². The second-order valence-electron chi connectivity index (χ2n) is 17.0. The van der Waals surface area contributed by atoms with Gasteiger partial charge in [0.15, 0.2) is 5.82 Å². The second kappa shape index (κ2) is 16.4. The van der Waals surface area contributed by atoms with Gasteiger partial charge in [0.1, 0.15) is 23.2 Å². The van der Waals surface area contributed by atoms with Gasteiger partial charge in [-0.3, -0.25) is 19.8 Å². The van der Waals surface area contributed by atoms with Gasteiger partial charge < -0.3 is 34.8 Å². The third-order valence-electron chi connectivity index (χ3n) is 12.7. The van der Waals surface area contributed by atoms with E-state index >= 15 is 4.39 Å². The van der Waals surface area contributed by atoms with Gasteiger partial charge in [0, 0.05) is 100 Å². The first-order valence-electron chi connectivity index (χ1n) is 21.1. The van der Waals surface area contributed by atoms with Crippen LogP contribution in [0.3, 0.4) is 0 Å². The zero-order valence-electron chi connectivity index (χ0n) is 34.5. The van der Waals surface area contributed by atoms with Crippen molar-refractivity contribution in [3.8, 4) is 17.0 Å². The number of para-hydroxylation sites is 1. The van der Waals surface area contributed by atoms with Gasteiger partial charge >= 0.3 is 6.03 Å². The minimum Gasteiger partial charge on any atom is -0.507 e. The number of pyridine rings is 1. The topological polar surface area (TPSA) is 175 Å². The van der Waals surface area contributed by atoms with Crippen LogP contribution in [-0.2, 0) is 9.53 Å².